The molecule has 0 bridgehead atoms. The van der Waals surface area contributed by atoms with Gasteiger partial charge in [-0.1, -0.05) is 48.2 Å². The van der Waals surface area contributed by atoms with E-state index in [1.807, 2.05) is 0 Å². The summed E-state index contributed by atoms with van der Waals surface area (Å²) in [5.74, 6) is 0.656. The van der Waals surface area contributed by atoms with Crippen LogP contribution in [0.1, 0.15) is 32.6 Å². The first-order valence-corrected chi connectivity index (χ1v) is 8.73. The predicted octanol–water partition coefficient (Wildman–Crippen LogP) is -0.240. The van der Waals surface area contributed by atoms with E-state index in [0.29, 0.717) is 5.92 Å². The Bertz CT molecular complexity index is 790. The molecule has 1 saturated carbocycles. The van der Waals surface area contributed by atoms with E-state index in [1.54, 1.807) is 37.7 Å². The molecule has 0 amide bonds. The molecule has 0 spiro atoms. The Labute approximate surface area is 179 Å². The largest absolute Gasteiger partial charge is 2.00 e. The second-order valence-corrected chi connectivity index (χ2v) is 7.66. The van der Waals surface area contributed by atoms with Crippen LogP contribution >= 0.6 is 11.8 Å². The van der Waals surface area contributed by atoms with Crippen LogP contribution in [-0.4, -0.2) is 0 Å². The minimum Gasteiger partial charge on any atom is -1.00 e. The van der Waals surface area contributed by atoms with Gasteiger partial charge in [0.25, 0.3) is 0 Å². The third-order valence-electron chi connectivity index (χ3n) is 5.34. The van der Waals surface area contributed by atoms with Crippen molar-refractivity contribution in [2.75, 3.05) is 0 Å². The minimum absolute atomic E-state index is 0. The van der Waals surface area contributed by atoms with Gasteiger partial charge in [-0.15, -0.1) is 0 Å². The van der Waals surface area contributed by atoms with Crippen LogP contribution in [0.3, 0.4) is 0 Å². The molecule has 1 aliphatic heterocycles. The molecule has 1 unspecified atom stereocenters. The van der Waals surface area contributed by atoms with Crippen molar-refractivity contribution in [1.82, 2.24) is 0 Å². The average molecular weight is 453 g/mol. The zero-order chi connectivity index (χ0) is 14.0. The maximum absolute atomic E-state index is 2.34. The Morgan fingerprint density at radius 1 is 0.875 bits per heavy atom. The maximum Gasteiger partial charge on any atom is 2.00 e. The first-order chi connectivity index (χ1) is 10.3. The van der Waals surface area contributed by atoms with Crippen molar-refractivity contribution in [1.29, 1.82) is 0 Å². The quantitative estimate of drug-likeness (QED) is 0.558. The molecule has 24 heavy (non-hydrogen) atoms. The van der Waals surface area contributed by atoms with Gasteiger partial charge in [0.2, 0.25) is 0 Å². The number of allylic oxidation sites excluding steroid dienone is 14. The molecular weight excluding hydrogens is 434 g/mol. The molecule has 1 atom stereocenters. The van der Waals surface area contributed by atoms with Crippen LogP contribution in [0.2, 0.25) is 0 Å². The maximum atomic E-state index is 2.34. The topological polar surface area (TPSA) is 0 Å². The van der Waals surface area contributed by atoms with Gasteiger partial charge in [0.1, 0.15) is 0 Å². The first-order valence-electron chi connectivity index (χ1n) is 7.92. The normalized spacial score (nSPS) is 25.6. The van der Waals surface area contributed by atoms with Gasteiger partial charge in [0.15, 0.2) is 0 Å². The minimum atomic E-state index is 0. The monoisotopic (exact) mass is 450 g/mol. The van der Waals surface area contributed by atoms with Crippen molar-refractivity contribution in [2.45, 2.75) is 32.6 Å². The molecule has 122 valence electrons. The zero-order valence-electron chi connectivity index (χ0n) is 13.5. The van der Waals surface area contributed by atoms with Crippen LogP contribution in [0, 0.1) is 5.92 Å². The van der Waals surface area contributed by atoms with E-state index in [0.717, 1.165) is 12.8 Å². The Morgan fingerprint density at radius 2 is 1.46 bits per heavy atom. The molecule has 0 aromatic carbocycles. The summed E-state index contributed by atoms with van der Waals surface area (Å²) in [5, 5.41) is 0. The summed E-state index contributed by atoms with van der Waals surface area (Å²) in [6.07, 6.45) is 18.5. The van der Waals surface area contributed by atoms with Gasteiger partial charge >= 0.3 is 26.2 Å². The van der Waals surface area contributed by atoms with Gasteiger partial charge in [-0.25, -0.2) is 0 Å². The van der Waals surface area contributed by atoms with E-state index in [9.17, 15) is 0 Å². The van der Waals surface area contributed by atoms with Gasteiger partial charge in [0, 0.05) is 10.8 Å². The van der Waals surface area contributed by atoms with E-state index in [1.165, 1.54) is 18.4 Å². The molecule has 4 heteroatoms. The molecule has 0 aromatic rings. The molecule has 1 heterocycles. The van der Waals surface area contributed by atoms with Gasteiger partial charge < -0.3 is 24.8 Å². The summed E-state index contributed by atoms with van der Waals surface area (Å²) in [5.41, 5.74) is 9.74. The molecular formula is C20H18Cl2SZr. The summed E-state index contributed by atoms with van der Waals surface area (Å²) >= 11 is 2.06. The fourth-order valence-electron chi connectivity index (χ4n) is 4.45. The van der Waals surface area contributed by atoms with Gasteiger partial charge in [0.05, 0.1) is 0 Å². The van der Waals surface area contributed by atoms with Crippen LogP contribution < -0.4 is 24.8 Å². The first kappa shape index (κ1) is 20.3. The van der Waals surface area contributed by atoms with Crippen LogP contribution in [-0.2, 0) is 26.2 Å². The molecule has 0 radical (unpaired) electrons. The van der Waals surface area contributed by atoms with Gasteiger partial charge in [-0.05, 0) is 71.0 Å². The summed E-state index contributed by atoms with van der Waals surface area (Å²) < 4.78 is 0. The molecule has 0 N–H and O–H groups in total. The van der Waals surface area contributed by atoms with Crippen molar-refractivity contribution in [3.05, 3.63) is 79.7 Å². The Kier molecular flexibility index (Phi) is 6.52. The fraction of sp³-hybridized carbons (Fsp3) is 0.300. The summed E-state index contributed by atoms with van der Waals surface area (Å²) in [6.45, 7) is 2.32. The van der Waals surface area contributed by atoms with Crippen LogP contribution in [0.25, 0.3) is 0 Å². The molecule has 5 rings (SSSR count). The number of hydrogen-bond acceptors (Lipinski definition) is 1. The SMILES string of the molecule is CC1=C2CCC3=C(C4=CC=CC4)C(C4=CC=CC4)=C(S1)C23.[Cl-].[Cl-].[Zr+2]. The summed E-state index contributed by atoms with van der Waals surface area (Å²) in [4.78, 5) is 3.22. The second kappa shape index (κ2) is 7.70. The Morgan fingerprint density at radius 3 is 2.04 bits per heavy atom. The zero-order valence-corrected chi connectivity index (χ0v) is 18.3. The van der Waals surface area contributed by atoms with Crippen LogP contribution in [0.4, 0.5) is 0 Å². The Balaban J connectivity index is 0.000000694. The number of hydrogen-bond donors (Lipinski definition) is 0. The molecule has 0 saturated heterocycles. The van der Waals surface area contributed by atoms with Crippen molar-refractivity contribution in [3.8, 4) is 0 Å². The van der Waals surface area contributed by atoms with Crippen molar-refractivity contribution < 1.29 is 51.0 Å². The summed E-state index contributed by atoms with van der Waals surface area (Å²) in [7, 11) is 0. The van der Waals surface area contributed by atoms with Crippen LogP contribution in [0.15, 0.2) is 79.7 Å². The molecule has 0 aromatic heterocycles. The molecule has 5 aliphatic rings. The third kappa shape index (κ3) is 2.79. The number of thioether (sulfide) groups is 1. The van der Waals surface area contributed by atoms with Crippen LogP contribution in [0.5, 0.6) is 0 Å². The van der Waals surface area contributed by atoms with Gasteiger partial charge in [-0.3, -0.25) is 0 Å². The van der Waals surface area contributed by atoms with E-state index in [4.69, 9.17) is 0 Å². The average Bonchev–Trinajstić information content (AvgIpc) is 3.25. The van der Waals surface area contributed by atoms with E-state index >= 15 is 0 Å². The standard InChI is InChI=1S/C20H18S.2ClH.Zr/c1-12-15-10-11-16-17(13-6-2-3-7-13)18(14-8-4-5-9-14)20(21-12)19(15)16;;;/h2-6,8,19H,7,9-11H2,1H3;2*1H;/q;;;+2/p-2. The van der Waals surface area contributed by atoms with Crippen molar-refractivity contribution in [3.63, 3.8) is 0 Å². The number of halogens is 2. The third-order valence-corrected chi connectivity index (χ3v) is 6.57. The molecule has 1 fully saturated rings. The molecule has 0 nitrogen and oxygen atoms in total. The van der Waals surface area contributed by atoms with Gasteiger partial charge in [-0.2, -0.15) is 0 Å². The second-order valence-electron chi connectivity index (χ2n) is 6.40. The number of rotatable bonds is 2. The predicted molar refractivity (Wildman–Crippen MR) is 90.7 cm³/mol. The van der Waals surface area contributed by atoms with E-state index < -0.39 is 0 Å². The smallest absolute Gasteiger partial charge is 1.00 e. The van der Waals surface area contributed by atoms with E-state index in [-0.39, 0.29) is 51.0 Å². The van der Waals surface area contributed by atoms with Crippen molar-refractivity contribution >= 4 is 11.8 Å². The summed E-state index contributed by atoms with van der Waals surface area (Å²) in [6, 6.07) is 0. The molecule has 4 aliphatic carbocycles. The van der Waals surface area contributed by atoms with E-state index in [2.05, 4.69) is 55.1 Å². The fourth-order valence-corrected chi connectivity index (χ4v) is 5.87. The van der Waals surface area contributed by atoms with Crippen molar-refractivity contribution in [2.24, 2.45) is 5.92 Å². The Hall–Kier alpha value is -0.00688.